The number of hydrogen-bond donors (Lipinski definition) is 0. The number of esters is 1. The van der Waals surface area contributed by atoms with Crippen molar-refractivity contribution in [1.29, 1.82) is 0 Å². The smallest absolute Gasteiger partial charge is 0.309 e. The van der Waals surface area contributed by atoms with Gasteiger partial charge >= 0.3 is 5.97 Å². The first-order valence-corrected chi connectivity index (χ1v) is 13.9. The van der Waals surface area contributed by atoms with Gasteiger partial charge in [-0.2, -0.15) is 0 Å². The lowest BCUT2D eigenvalue weighted by Crippen LogP contribution is -2.67. The number of allylic oxidation sites excluding steroid dienone is 2. The van der Waals surface area contributed by atoms with Gasteiger partial charge in [-0.05, 0) is 41.1 Å². The molecule has 2 aliphatic carbocycles. The fourth-order valence-electron chi connectivity index (χ4n) is 5.73. The van der Waals surface area contributed by atoms with Crippen LogP contribution in [0.2, 0.25) is 5.04 Å². The third-order valence-corrected chi connectivity index (χ3v) is 12.4. The Morgan fingerprint density at radius 3 is 2.06 bits per heavy atom. The van der Waals surface area contributed by atoms with Crippen LogP contribution in [0.1, 0.15) is 40.5 Å². The summed E-state index contributed by atoms with van der Waals surface area (Å²) >= 11 is 0. The van der Waals surface area contributed by atoms with Crippen molar-refractivity contribution >= 4 is 24.7 Å². The average molecular weight is 461 g/mol. The van der Waals surface area contributed by atoms with E-state index >= 15 is 0 Å². The molecule has 33 heavy (non-hydrogen) atoms. The number of methoxy groups -OCH3 is 1. The molecule has 4 heteroatoms. The Kier molecular flexibility index (Phi) is 6.78. The third-order valence-electron chi connectivity index (χ3n) is 7.26. The highest BCUT2D eigenvalue weighted by atomic mass is 28.4. The topological polar surface area (TPSA) is 35.5 Å². The maximum absolute atomic E-state index is 12.3. The van der Waals surface area contributed by atoms with E-state index in [2.05, 4.69) is 93.6 Å². The van der Waals surface area contributed by atoms with E-state index in [0.717, 1.165) is 12.8 Å². The summed E-state index contributed by atoms with van der Waals surface area (Å²) < 4.78 is 12.4. The average Bonchev–Trinajstić information content (AvgIpc) is 3.33. The minimum absolute atomic E-state index is 0.0416. The molecule has 2 aromatic carbocycles. The molecule has 0 spiro atoms. The molecular formula is C29H36O3Si. The van der Waals surface area contributed by atoms with Crippen molar-refractivity contribution in [2.45, 2.75) is 51.7 Å². The molecular weight excluding hydrogens is 424 g/mol. The largest absolute Gasteiger partial charge is 0.469 e. The van der Waals surface area contributed by atoms with Crippen molar-refractivity contribution in [1.82, 2.24) is 0 Å². The van der Waals surface area contributed by atoms with Gasteiger partial charge in [-0.15, -0.1) is 0 Å². The van der Waals surface area contributed by atoms with Gasteiger partial charge in [0, 0.05) is 5.92 Å². The summed E-state index contributed by atoms with van der Waals surface area (Å²) in [4.78, 5) is 12.3. The molecule has 4 rings (SSSR count). The quantitative estimate of drug-likeness (QED) is 0.321. The zero-order chi connectivity index (χ0) is 23.6. The van der Waals surface area contributed by atoms with Gasteiger partial charge in [-0.1, -0.05) is 105 Å². The van der Waals surface area contributed by atoms with E-state index in [1.165, 1.54) is 23.1 Å². The summed E-state index contributed by atoms with van der Waals surface area (Å²) in [6.45, 7) is 8.97. The normalized spacial score (nSPS) is 25.2. The van der Waals surface area contributed by atoms with Crippen LogP contribution in [-0.2, 0) is 14.0 Å². The Labute approximate surface area is 199 Å². The predicted octanol–water partition coefficient (Wildman–Crippen LogP) is 5.26. The molecule has 1 fully saturated rings. The van der Waals surface area contributed by atoms with Crippen LogP contribution in [-0.4, -0.2) is 27.5 Å². The van der Waals surface area contributed by atoms with E-state index in [9.17, 15) is 4.79 Å². The highest BCUT2D eigenvalue weighted by molar-refractivity contribution is 6.99. The first-order chi connectivity index (χ1) is 15.8. The number of carbonyl (C=O) groups excluding carboxylic acids is 1. The molecule has 2 aromatic rings. The van der Waals surface area contributed by atoms with Gasteiger partial charge in [0.05, 0.1) is 19.1 Å². The predicted molar refractivity (Wildman–Crippen MR) is 137 cm³/mol. The first kappa shape index (κ1) is 23.7. The van der Waals surface area contributed by atoms with Gasteiger partial charge in [0.1, 0.15) is 0 Å². The molecule has 0 radical (unpaired) electrons. The summed E-state index contributed by atoms with van der Waals surface area (Å²) in [5, 5.41) is 2.57. The Hall–Kier alpha value is -2.43. The Balaban J connectivity index is 1.64. The van der Waals surface area contributed by atoms with Gasteiger partial charge < -0.3 is 9.16 Å². The Bertz CT molecular complexity index is 980. The van der Waals surface area contributed by atoms with Crippen molar-refractivity contribution in [2.75, 3.05) is 7.11 Å². The van der Waals surface area contributed by atoms with Crippen LogP contribution in [0.4, 0.5) is 0 Å². The molecule has 0 heterocycles. The second-order valence-corrected chi connectivity index (χ2v) is 14.6. The summed E-state index contributed by atoms with van der Waals surface area (Å²) in [5.74, 6) is 0.353. The number of ether oxygens (including phenoxy) is 1. The molecule has 1 saturated carbocycles. The van der Waals surface area contributed by atoms with E-state index in [-0.39, 0.29) is 34.9 Å². The lowest BCUT2D eigenvalue weighted by molar-refractivity contribution is -0.142. The molecule has 0 aliphatic heterocycles. The molecule has 0 bridgehead atoms. The highest BCUT2D eigenvalue weighted by Crippen LogP contribution is 2.55. The molecule has 0 N–H and O–H groups in total. The number of carbonyl (C=O) groups is 1. The van der Waals surface area contributed by atoms with Crippen LogP contribution in [0.15, 0.2) is 84.5 Å². The molecule has 3 nitrogen and oxygen atoms in total. The monoisotopic (exact) mass is 460 g/mol. The second kappa shape index (κ2) is 9.44. The van der Waals surface area contributed by atoms with Gasteiger partial charge in [0.15, 0.2) is 0 Å². The minimum Gasteiger partial charge on any atom is -0.469 e. The van der Waals surface area contributed by atoms with Crippen LogP contribution >= 0.6 is 0 Å². The van der Waals surface area contributed by atoms with Crippen LogP contribution in [0, 0.1) is 17.8 Å². The molecule has 0 amide bonds. The van der Waals surface area contributed by atoms with Gasteiger partial charge in [-0.3, -0.25) is 4.79 Å². The maximum atomic E-state index is 12.3. The van der Waals surface area contributed by atoms with Gasteiger partial charge in [0.2, 0.25) is 0 Å². The molecule has 4 atom stereocenters. The fourth-order valence-corrected chi connectivity index (χ4v) is 10.4. The summed E-state index contributed by atoms with van der Waals surface area (Å²) in [5.41, 5.74) is 1.36. The SMILES string of the molecule is C/C=C/C1[C@@H](C(=O)OC)[C@@H]1C1=CCC(O[Si](c2ccccc2)(c2ccccc2)C(C)(C)C)C1. The standard InChI is InChI=1S/C29H36O3Si/c1-6-13-25-26(27(25)28(30)31-5)21-18-19-22(20-21)32-33(29(2,3)4,23-14-9-7-10-15-23)24-16-11-8-12-17-24/h6-18,22,25-27H,19-20H2,1-5H3/b13-6+/t22?,25?,26-,27-/m1/s1. The Morgan fingerprint density at radius 2 is 1.58 bits per heavy atom. The minimum atomic E-state index is -2.58. The van der Waals surface area contributed by atoms with E-state index in [0.29, 0.717) is 0 Å². The Morgan fingerprint density at radius 1 is 1.00 bits per heavy atom. The molecule has 0 aromatic heterocycles. The number of hydrogen-bond acceptors (Lipinski definition) is 3. The van der Waals surface area contributed by atoms with Gasteiger partial charge in [0.25, 0.3) is 8.32 Å². The molecule has 174 valence electrons. The van der Waals surface area contributed by atoms with Crippen molar-refractivity contribution < 1.29 is 14.0 Å². The van der Waals surface area contributed by atoms with Crippen LogP contribution in [0.5, 0.6) is 0 Å². The maximum Gasteiger partial charge on any atom is 0.309 e. The van der Waals surface area contributed by atoms with E-state index < -0.39 is 8.32 Å². The van der Waals surface area contributed by atoms with Crippen molar-refractivity contribution in [3.63, 3.8) is 0 Å². The zero-order valence-electron chi connectivity index (χ0n) is 20.5. The van der Waals surface area contributed by atoms with E-state index in [1.807, 2.05) is 13.0 Å². The van der Waals surface area contributed by atoms with Gasteiger partial charge in [-0.25, -0.2) is 0 Å². The number of benzene rings is 2. The highest BCUT2D eigenvalue weighted by Gasteiger charge is 2.57. The second-order valence-electron chi connectivity index (χ2n) is 10.3. The van der Waals surface area contributed by atoms with Crippen LogP contribution in [0.25, 0.3) is 0 Å². The van der Waals surface area contributed by atoms with E-state index in [4.69, 9.17) is 9.16 Å². The van der Waals surface area contributed by atoms with Crippen molar-refractivity contribution in [2.24, 2.45) is 17.8 Å². The number of rotatable bonds is 7. The summed E-state index contributed by atoms with van der Waals surface area (Å²) in [6.07, 6.45) is 8.43. The molecule has 2 unspecified atom stereocenters. The van der Waals surface area contributed by atoms with Crippen LogP contribution in [0.3, 0.4) is 0 Å². The van der Waals surface area contributed by atoms with E-state index in [1.54, 1.807) is 0 Å². The zero-order valence-corrected chi connectivity index (χ0v) is 21.5. The summed E-state index contributed by atoms with van der Waals surface area (Å²) in [7, 11) is -1.09. The molecule has 2 aliphatic rings. The lowest BCUT2D eigenvalue weighted by Gasteiger charge is -2.44. The summed E-state index contributed by atoms with van der Waals surface area (Å²) in [6, 6.07) is 21.6. The third kappa shape index (κ3) is 4.39. The fraction of sp³-hybridized carbons (Fsp3) is 0.414. The van der Waals surface area contributed by atoms with Crippen LogP contribution < -0.4 is 10.4 Å². The first-order valence-electron chi connectivity index (χ1n) is 12.0. The van der Waals surface area contributed by atoms with Crippen molar-refractivity contribution in [3.8, 4) is 0 Å². The lowest BCUT2D eigenvalue weighted by atomic mass is 10.1. The molecule has 0 saturated heterocycles. The van der Waals surface area contributed by atoms with Crippen molar-refractivity contribution in [3.05, 3.63) is 84.5 Å².